The molecule has 0 fully saturated rings. The Morgan fingerprint density at radius 3 is 2.55 bits per heavy atom. The summed E-state index contributed by atoms with van der Waals surface area (Å²) in [5, 5.41) is 27.0. The fraction of sp³-hybridized carbons (Fsp3) is 0.514. The van der Waals surface area contributed by atoms with E-state index in [-0.39, 0.29) is 24.0 Å². The van der Waals surface area contributed by atoms with Crippen molar-refractivity contribution in [2.24, 2.45) is 11.8 Å². The molecule has 2 bridgehead atoms. The number of fused-ring (bicyclic) bond motifs is 2. The van der Waals surface area contributed by atoms with Crippen LogP contribution in [0.1, 0.15) is 72.3 Å². The predicted octanol–water partition coefficient (Wildman–Crippen LogP) is 5.54. The van der Waals surface area contributed by atoms with Gasteiger partial charge in [-0.05, 0) is 62.3 Å². The summed E-state index contributed by atoms with van der Waals surface area (Å²) < 4.78 is 11.3. The van der Waals surface area contributed by atoms with Crippen LogP contribution in [-0.2, 0) is 30.3 Å². The van der Waals surface area contributed by atoms with Gasteiger partial charge in [0.2, 0.25) is 11.8 Å². The number of amides is 2. The standard InChI is InChI=1S/C35H50N2O7/c1-23(2)17-18-32(39)36-26(5)35(42)44-31-16-11-9-7-8-10-15-30(43-6)22-33(40)37-28-19-27(20-29(38)21-28)14-12-13-24(3)34(41)25(31)4/h7-11,13,15,19-21,23,25-26,30-31,34,38,41H,12,14,16-18,22H2,1-6H3,(H,36,39)(H,37,40)/t25-,26+,30-,31+,34-/m0/s1. The van der Waals surface area contributed by atoms with E-state index < -0.39 is 36.2 Å². The average Bonchev–Trinajstić information content (AvgIpc) is 2.96. The number of hydrogen-bond acceptors (Lipinski definition) is 7. The van der Waals surface area contributed by atoms with Gasteiger partial charge in [-0.2, -0.15) is 0 Å². The number of benzene rings is 1. The van der Waals surface area contributed by atoms with Gasteiger partial charge in [0.15, 0.2) is 0 Å². The van der Waals surface area contributed by atoms with Crippen LogP contribution in [-0.4, -0.2) is 59.5 Å². The minimum absolute atomic E-state index is 0.0429. The maximum absolute atomic E-state index is 13.0. The molecule has 0 aromatic heterocycles. The quantitative estimate of drug-likeness (QED) is 0.235. The summed E-state index contributed by atoms with van der Waals surface area (Å²) in [7, 11) is 1.53. The second-order valence-corrected chi connectivity index (χ2v) is 11.8. The number of aromatic hydroxyl groups is 1. The molecule has 0 radical (unpaired) electrons. The van der Waals surface area contributed by atoms with Gasteiger partial charge < -0.3 is 30.3 Å². The number of anilines is 1. The summed E-state index contributed by atoms with van der Waals surface area (Å²) in [6, 6.07) is 4.13. The van der Waals surface area contributed by atoms with Crippen LogP contribution in [0.25, 0.3) is 0 Å². The van der Waals surface area contributed by atoms with Crippen molar-refractivity contribution in [3.63, 3.8) is 0 Å². The van der Waals surface area contributed by atoms with Gasteiger partial charge >= 0.3 is 5.97 Å². The number of phenols is 1. The van der Waals surface area contributed by atoms with Crippen LogP contribution >= 0.6 is 0 Å². The predicted molar refractivity (Wildman–Crippen MR) is 173 cm³/mol. The number of esters is 1. The van der Waals surface area contributed by atoms with E-state index in [4.69, 9.17) is 9.47 Å². The van der Waals surface area contributed by atoms with E-state index in [1.165, 1.54) is 13.2 Å². The minimum Gasteiger partial charge on any atom is -0.508 e. The Hall–Kier alpha value is -3.69. The van der Waals surface area contributed by atoms with Crippen LogP contribution < -0.4 is 10.6 Å². The zero-order valence-electron chi connectivity index (χ0n) is 26.9. The molecule has 2 amide bonds. The summed E-state index contributed by atoms with van der Waals surface area (Å²) >= 11 is 0. The molecular weight excluding hydrogens is 560 g/mol. The molecule has 0 saturated carbocycles. The number of hydrogen-bond donors (Lipinski definition) is 4. The van der Waals surface area contributed by atoms with Crippen molar-refractivity contribution in [2.45, 2.75) is 97.5 Å². The number of aryl methyl sites for hydroxylation is 1. The summed E-state index contributed by atoms with van der Waals surface area (Å²) in [6.45, 7) is 9.34. The lowest BCUT2D eigenvalue weighted by Gasteiger charge is -2.29. The van der Waals surface area contributed by atoms with Crippen LogP contribution in [0.5, 0.6) is 5.75 Å². The molecule has 242 valence electrons. The largest absolute Gasteiger partial charge is 0.508 e. The highest BCUT2D eigenvalue weighted by molar-refractivity contribution is 5.91. The maximum Gasteiger partial charge on any atom is 0.328 e. The van der Waals surface area contributed by atoms with E-state index in [1.54, 1.807) is 31.2 Å². The Balaban J connectivity index is 2.27. The van der Waals surface area contributed by atoms with Gasteiger partial charge in [-0.1, -0.05) is 63.3 Å². The summed E-state index contributed by atoms with van der Waals surface area (Å²) in [6.07, 6.45) is 13.5. The van der Waals surface area contributed by atoms with Crippen LogP contribution in [0.4, 0.5) is 5.69 Å². The van der Waals surface area contributed by atoms with Crippen molar-refractivity contribution in [3.05, 3.63) is 71.9 Å². The number of ether oxygens (including phenoxy) is 2. The first-order valence-corrected chi connectivity index (χ1v) is 15.4. The molecule has 9 nitrogen and oxygen atoms in total. The molecule has 4 N–H and O–H groups in total. The number of aliphatic hydroxyl groups excluding tert-OH is 1. The third-order valence-electron chi connectivity index (χ3n) is 7.51. The highest BCUT2D eigenvalue weighted by Crippen LogP contribution is 2.24. The molecule has 1 aliphatic rings. The first-order chi connectivity index (χ1) is 20.9. The fourth-order valence-electron chi connectivity index (χ4n) is 4.74. The number of nitrogens with one attached hydrogen (secondary N) is 2. The normalized spacial score (nSPS) is 22.8. The van der Waals surface area contributed by atoms with Crippen LogP contribution in [0.15, 0.2) is 66.3 Å². The van der Waals surface area contributed by atoms with Gasteiger partial charge in [-0.15, -0.1) is 0 Å². The third kappa shape index (κ3) is 13.3. The smallest absolute Gasteiger partial charge is 0.328 e. The molecule has 1 aromatic rings. The number of allylic oxidation sites excluding steroid dienone is 5. The van der Waals surface area contributed by atoms with Gasteiger partial charge in [0.25, 0.3) is 0 Å². The molecule has 9 heteroatoms. The van der Waals surface area contributed by atoms with E-state index in [0.29, 0.717) is 37.3 Å². The van der Waals surface area contributed by atoms with Crippen LogP contribution in [0.2, 0.25) is 0 Å². The van der Waals surface area contributed by atoms with Crippen molar-refractivity contribution >= 4 is 23.5 Å². The van der Waals surface area contributed by atoms with Gasteiger partial charge in [0.1, 0.15) is 17.9 Å². The molecule has 5 atom stereocenters. The Morgan fingerprint density at radius 2 is 1.84 bits per heavy atom. The number of carbonyl (C=O) groups excluding carboxylic acids is 3. The number of methoxy groups -OCH3 is 1. The van der Waals surface area contributed by atoms with Crippen molar-refractivity contribution in [3.8, 4) is 5.75 Å². The van der Waals surface area contributed by atoms with E-state index in [9.17, 15) is 24.6 Å². The lowest BCUT2D eigenvalue weighted by molar-refractivity contribution is -0.156. The molecule has 0 spiro atoms. The van der Waals surface area contributed by atoms with E-state index in [0.717, 1.165) is 17.6 Å². The molecule has 1 aromatic carbocycles. The van der Waals surface area contributed by atoms with E-state index >= 15 is 0 Å². The fourth-order valence-corrected chi connectivity index (χ4v) is 4.74. The molecule has 2 rings (SSSR count). The van der Waals surface area contributed by atoms with Crippen molar-refractivity contribution in [1.82, 2.24) is 5.32 Å². The molecule has 44 heavy (non-hydrogen) atoms. The average molecular weight is 611 g/mol. The van der Waals surface area contributed by atoms with Gasteiger partial charge in [-0.3, -0.25) is 9.59 Å². The van der Waals surface area contributed by atoms with Gasteiger partial charge in [0.05, 0.1) is 18.6 Å². The first kappa shape index (κ1) is 36.5. The van der Waals surface area contributed by atoms with Gasteiger partial charge in [-0.25, -0.2) is 4.79 Å². The third-order valence-corrected chi connectivity index (χ3v) is 7.51. The zero-order chi connectivity index (χ0) is 32.6. The lowest BCUT2D eigenvalue weighted by atomic mass is 9.90. The van der Waals surface area contributed by atoms with E-state index in [1.807, 2.05) is 58.1 Å². The molecule has 0 saturated heterocycles. The number of phenolic OH excluding ortho intramolecular Hbond substituents is 1. The monoisotopic (exact) mass is 610 g/mol. The highest BCUT2D eigenvalue weighted by atomic mass is 16.5. The second kappa shape index (κ2) is 18.9. The summed E-state index contributed by atoms with van der Waals surface area (Å²) in [4.78, 5) is 37.9. The van der Waals surface area contributed by atoms with Crippen molar-refractivity contribution < 1.29 is 34.1 Å². The van der Waals surface area contributed by atoms with Crippen molar-refractivity contribution in [2.75, 3.05) is 12.4 Å². The van der Waals surface area contributed by atoms with Gasteiger partial charge in [0, 0.05) is 37.6 Å². The summed E-state index contributed by atoms with van der Waals surface area (Å²) in [5.74, 6) is -1.02. The van der Waals surface area contributed by atoms with Crippen LogP contribution in [0.3, 0.4) is 0 Å². The molecule has 1 aliphatic heterocycles. The minimum atomic E-state index is -0.880. The van der Waals surface area contributed by atoms with Crippen molar-refractivity contribution in [1.29, 1.82) is 0 Å². The Kier molecular flexibility index (Phi) is 15.6. The highest BCUT2D eigenvalue weighted by Gasteiger charge is 2.29. The van der Waals surface area contributed by atoms with E-state index in [2.05, 4.69) is 10.6 Å². The zero-order valence-corrected chi connectivity index (χ0v) is 26.9. The second-order valence-electron chi connectivity index (χ2n) is 11.8. The summed E-state index contributed by atoms with van der Waals surface area (Å²) in [5.41, 5.74) is 2.05. The SMILES string of the molecule is CO[C@H]1C=CC=CC=CC[C@@H](OC(=O)[C@@H](C)NC(=O)CCC(C)C)[C@H](C)[C@@H](O)C(C)=CCCc2cc(O)cc(c2)NC(=O)C1. The topological polar surface area (TPSA) is 134 Å². The first-order valence-electron chi connectivity index (χ1n) is 15.4. The van der Waals surface area contributed by atoms with Crippen LogP contribution in [0, 0.1) is 11.8 Å². The maximum atomic E-state index is 13.0. The number of carbonyl (C=O) groups is 3. The lowest BCUT2D eigenvalue weighted by Crippen LogP contribution is -2.43. The molecule has 0 unspecified atom stereocenters. The molecule has 1 heterocycles. The number of rotatable bonds is 7. The Bertz CT molecular complexity index is 1220. The number of aliphatic hydroxyl groups is 1. The Labute approximate surface area is 262 Å². The Morgan fingerprint density at radius 1 is 1.11 bits per heavy atom. The molecule has 0 aliphatic carbocycles. The molecular formula is C35H50N2O7.